The van der Waals surface area contributed by atoms with Crippen LogP contribution in [0.1, 0.15) is 19.4 Å². The highest BCUT2D eigenvalue weighted by molar-refractivity contribution is 5.85. The van der Waals surface area contributed by atoms with Gasteiger partial charge in [0.15, 0.2) is 0 Å². The van der Waals surface area contributed by atoms with Gasteiger partial charge in [0, 0.05) is 12.1 Å². The fourth-order valence-corrected chi connectivity index (χ4v) is 1.85. The molecule has 0 radical (unpaired) electrons. The maximum atomic E-state index is 11.7. The minimum absolute atomic E-state index is 0. The van der Waals surface area contributed by atoms with Crippen molar-refractivity contribution in [2.45, 2.75) is 25.8 Å². The van der Waals surface area contributed by atoms with Crippen LogP contribution in [0.4, 0.5) is 0 Å². The van der Waals surface area contributed by atoms with E-state index in [0.29, 0.717) is 6.54 Å². The minimum atomic E-state index is -0.278. The fourth-order valence-electron chi connectivity index (χ4n) is 1.85. The Labute approximate surface area is 121 Å². The quantitative estimate of drug-likeness (QED) is 0.659. The Hall–Kier alpha value is -1.10. The Bertz CT molecular complexity index is 369. The van der Waals surface area contributed by atoms with Gasteiger partial charge in [-0.05, 0) is 25.8 Å². The number of hydrogen-bond acceptors (Lipinski definition) is 3. The summed E-state index contributed by atoms with van der Waals surface area (Å²) in [6.07, 6.45) is 0.791. The second-order valence-corrected chi connectivity index (χ2v) is 4.99. The number of rotatable bonds is 7. The van der Waals surface area contributed by atoms with Crippen molar-refractivity contribution in [3.63, 3.8) is 0 Å². The van der Waals surface area contributed by atoms with Gasteiger partial charge in [-0.15, -0.1) is 12.4 Å². The average molecular weight is 287 g/mol. The molecule has 1 amide bonds. The highest BCUT2D eigenvalue weighted by Gasteiger charge is 2.20. The fraction of sp³-hybridized carbons (Fsp3) is 0.500. The molecular formula is C14H23ClN2O2. The van der Waals surface area contributed by atoms with Crippen LogP contribution in [0, 0.1) is 0 Å². The van der Waals surface area contributed by atoms with Gasteiger partial charge in [0.05, 0.1) is 13.2 Å². The first-order chi connectivity index (χ1) is 8.53. The molecule has 108 valence electrons. The molecule has 0 atom stereocenters. The van der Waals surface area contributed by atoms with Gasteiger partial charge >= 0.3 is 0 Å². The van der Waals surface area contributed by atoms with E-state index in [4.69, 9.17) is 5.11 Å². The van der Waals surface area contributed by atoms with Gasteiger partial charge in [-0.1, -0.05) is 30.3 Å². The molecule has 0 saturated heterocycles. The second-order valence-electron chi connectivity index (χ2n) is 4.99. The summed E-state index contributed by atoms with van der Waals surface area (Å²) in [6.45, 7) is 4.72. The molecule has 0 heterocycles. The summed E-state index contributed by atoms with van der Waals surface area (Å²) in [5.41, 5.74) is 0.922. The van der Waals surface area contributed by atoms with Crippen molar-refractivity contribution >= 4 is 18.3 Å². The first kappa shape index (κ1) is 17.9. The van der Waals surface area contributed by atoms with Crippen LogP contribution in [-0.4, -0.2) is 36.2 Å². The SMILES string of the molecule is CC(C)(Cc1ccccc1)NC(=O)CNCCO.Cl. The van der Waals surface area contributed by atoms with Gasteiger partial charge in [0.25, 0.3) is 0 Å². The van der Waals surface area contributed by atoms with Gasteiger partial charge in [-0.25, -0.2) is 0 Å². The second kappa shape index (κ2) is 8.91. The molecule has 0 unspecified atom stereocenters. The van der Waals surface area contributed by atoms with E-state index in [2.05, 4.69) is 22.8 Å². The summed E-state index contributed by atoms with van der Waals surface area (Å²) < 4.78 is 0. The first-order valence-corrected chi connectivity index (χ1v) is 6.20. The molecular weight excluding hydrogens is 264 g/mol. The number of amides is 1. The molecule has 4 nitrogen and oxygen atoms in total. The van der Waals surface area contributed by atoms with E-state index in [1.165, 1.54) is 5.56 Å². The van der Waals surface area contributed by atoms with E-state index in [1.807, 2.05) is 32.0 Å². The van der Waals surface area contributed by atoms with Crippen LogP contribution < -0.4 is 10.6 Å². The molecule has 0 spiro atoms. The van der Waals surface area contributed by atoms with Crippen molar-refractivity contribution in [1.29, 1.82) is 0 Å². The van der Waals surface area contributed by atoms with Crippen molar-refractivity contribution < 1.29 is 9.90 Å². The van der Waals surface area contributed by atoms with Gasteiger partial charge in [-0.2, -0.15) is 0 Å². The van der Waals surface area contributed by atoms with Crippen molar-refractivity contribution in [2.75, 3.05) is 19.7 Å². The molecule has 0 aliphatic heterocycles. The molecule has 5 heteroatoms. The molecule has 0 aliphatic rings. The summed E-state index contributed by atoms with van der Waals surface area (Å²) in [6, 6.07) is 10.1. The van der Waals surface area contributed by atoms with Gasteiger partial charge in [0.1, 0.15) is 0 Å². The Morgan fingerprint density at radius 2 is 1.89 bits per heavy atom. The molecule has 1 aromatic rings. The van der Waals surface area contributed by atoms with Crippen LogP contribution in [-0.2, 0) is 11.2 Å². The highest BCUT2D eigenvalue weighted by Crippen LogP contribution is 2.12. The molecule has 0 aliphatic carbocycles. The van der Waals surface area contributed by atoms with Crippen molar-refractivity contribution in [3.05, 3.63) is 35.9 Å². The summed E-state index contributed by atoms with van der Waals surface area (Å²) >= 11 is 0. The molecule has 19 heavy (non-hydrogen) atoms. The van der Waals surface area contributed by atoms with E-state index in [-0.39, 0.29) is 37.0 Å². The van der Waals surface area contributed by atoms with E-state index in [9.17, 15) is 4.79 Å². The van der Waals surface area contributed by atoms with E-state index < -0.39 is 0 Å². The van der Waals surface area contributed by atoms with Crippen LogP contribution in [0.15, 0.2) is 30.3 Å². The Kier molecular flexibility index (Phi) is 8.39. The molecule has 1 rings (SSSR count). The largest absolute Gasteiger partial charge is 0.395 e. The first-order valence-electron chi connectivity index (χ1n) is 6.20. The van der Waals surface area contributed by atoms with Gasteiger partial charge in [0.2, 0.25) is 5.91 Å². The van der Waals surface area contributed by atoms with Gasteiger partial charge in [-0.3, -0.25) is 4.79 Å². The number of benzene rings is 1. The van der Waals surface area contributed by atoms with Crippen LogP contribution >= 0.6 is 12.4 Å². The zero-order chi connectivity index (χ0) is 13.4. The summed E-state index contributed by atoms with van der Waals surface area (Å²) in [5.74, 6) is -0.0515. The molecule has 1 aromatic carbocycles. The monoisotopic (exact) mass is 286 g/mol. The summed E-state index contributed by atoms with van der Waals surface area (Å²) in [7, 11) is 0. The number of nitrogens with one attached hydrogen (secondary N) is 2. The van der Waals surface area contributed by atoms with E-state index in [0.717, 1.165) is 6.42 Å². The molecule has 0 saturated carbocycles. The van der Waals surface area contributed by atoms with Crippen molar-refractivity contribution in [2.24, 2.45) is 0 Å². The highest BCUT2D eigenvalue weighted by atomic mass is 35.5. The standard InChI is InChI=1S/C14H22N2O2.ClH/c1-14(2,10-12-6-4-3-5-7-12)16-13(18)11-15-8-9-17;/h3-7,15,17H,8-11H2,1-2H3,(H,16,18);1H. The number of carbonyl (C=O) groups is 1. The maximum Gasteiger partial charge on any atom is 0.234 e. The van der Waals surface area contributed by atoms with Gasteiger partial charge < -0.3 is 15.7 Å². The van der Waals surface area contributed by atoms with Crippen LogP contribution in [0.25, 0.3) is 0 Å². The third-order valence-electron chi connectivity index (χ3n) is 2.54. The average Bonchev–Trinajstić information content (AvgIpc) is 2.29. The van der Waals surface area contributed by atoms with E-state index >= 15 is 0 Å². The minimum Gasteiger partial charge on any atom is -0.395 e. The van der Waals surface area contributed by atoms with Crippen molar-refractivity contribution in [3.8, 4) is 0 Å². The molecule has 0 bridgehead atoms. The third-order valence-corrected chi connectivity index (χ3v) is 2.54. The van der Waals surface area contributed by atoms with Crippen LogP contribution in [0.5, 0.6) is 0 Å². The topological polar surface area (TPSA) is 61.4 Å². The Balaban J connectivity index is 0.00000324. The lowest BCUT2D eigenvalue weighted by Gasteiger charge is -2.26. The number of halogens is 1. The zero-order valence-electron chi connectivity index (χ0n) is 11.5. The summed E-state index contributed by atoms with van der Waals surface area (Å²) in [5, 5.41) is 14.5. The molecule has 0 aromatic heterocycles. The molecule has 3 N–H and O–H groups in total. The lowest BCUT2D eigenvalue weighted by Crippen LogP contribution is -2.48. The summed E-state index contributed by atoms with van der Waals surface area (Å²) in [4.78, 5) is 11.7. The Morgan fingerprint density at radius 1 is 1.26 bits per heavy atom. The zero-order valence-corrected chi connectivity index (χ0v) is 12.3. The normalized spacial score (nSPS) is 10.7. The lowest BCUT2D eigenvalue weighted by molar-refractivity contribution is -0.121. The number of aliphatic hydroxyl groups is 1. The third kappa shape index (κ3) is 7.82. The lowest BCUT2D eigenvalue weighted by atomic mass is 9.95. The number of hydrogen-bond donors (Lipinski definition) is 3. The van der Waals surface area contributed by atoms with Crippen molar-refractivity contribution in [1.82, 2.24) is 10.6 Å². The van der Waals surface area contributed by atoms with Crippen LogP contribution in [0.2, 0.25) is 0 Å². The van der Waals surface area contributed by atoms with E-state index in [1.54, 1.807) is 0 Å². The van der Waals surface area contributed by atoms with Crippen LogP contribution in [0.3, 0.4) is 0 Å². The number of carbonyl (C=O) groups excluding carboxylic acids is 1. The predicted molar refractivity (Wildman–Crippen MR) is 79.6 cm³/mol. The molecule has 0 fully saturated rings. The smallest absolute Gasteiger partial charge is 0.234 e. The maximum absolute atomic E-state index is 11.7. The number of aliphatic hydroxyl groups excluding tert-OH is 1. The predicted octanol–water partition coefficient (Wildman–Crippen LogP) is 1.13. The Morgan fingerprint density at radius 3 is 2.47 bits per heavy atom.